The molecular weight excluding hydrogens is 755 g/mol. The Balaban J connectivity index is 1.69. The fourth-order valence-electron chi connectivity index (χ4n) is 6.75. The van der Waals surface area contributed by atoms with E-state index in [9.17, 15) is 28.8 Å². The number of nitrogens with one attached hydrogen (secondary N) is 4. The van der Waals surface area contributed by atoms with Crippen LogP contribution in [0.2, 0.25) is 0 Å². The molecule has 0 radical (unpaired) electrons. The number of methoxy groups -OCH3 is 1. The highest BCUT2D eigenvalue weighted by Gasteiger charge is 2.39. The van der Waals surface area contributed by atoms with Crippen LogP contribution < -0.4 is 21.3 Å². The van der Waals surface area contributed by atoms with Crippen molar-refractivity contribution in [2.75, 3.05) is 20.2 Å². The van der Waals surface area contributed by atoms with Gasteiger partial charge in [-0.15, -0.1) is 0 Å². The molecule has 3 unspecified atom stereocenters. The van der Waals surface area contributed by atoms with Gasteiger partial charge in [0.25, 0.3) is 0 Å². The van der Waals surface area contributed by atoms with Crippen molar-refractivity contribution in [3.8, 4) is 0 Å². The molecule has 4 N–H and O–H groups in total. The van der Waals surface area contributed by atoms with Crippen molar-refractivity contribution in [2.24, 2.45) is 17.8 Å². The molecule has 5 amide bonds. The average Bonchev–Trinajstić information content (AvgIpc) is 3.68. The molecule has 0 saturated carbocycles. The molecule has 0 aromatic heterocycles. The number of hydrogen-bond acceptors (Lipinski definition) is 9. The van der Waals surface area contributed by atoms with Crippen LogP contribution in [-0.4, -0.2) is 90.7 Å². The maximum absolute atomic E-state index is 14.4. The molecule has 5 atom stereocenters. The van der Waals surface area contributed by atoms with Gasteiger partial charge in [0.15, 0.2) is 0 Å². The molecule has 1 aliphatic heterocycles. The number of nitrogens with zero attached hydrogens (tertiary/aromatic N) is 1. The lowest BCUT2D eigenvalue weighted by molar-refractivity contribution is -0.146. The predicted molar refractivity (Wildman–Crippen MR) is 225 cm³/mol. The van der Waals surface area contributed by atoms with Crippen LogP contribution in [0.5, 0.6) is 0 Å². The van der Waals surface area contributed by atoms with Crippen molar-refractivity contribution >= 4 is 35.9 Å². The first-order valence-corrected chi connectivity index (χ1v) is 20.6. The zero-order valence-electron chi connectivity index (χ0n) is 36.0. The monoisotopic (exact) mass is 819 g/mol. The molecule has 1 heterocycles. The van der Waals surface area contributed by atoms with Crippen LogP contribution in [0.1, 0.15) is 91.7 Å². The Morgan fingerprint density at radius 2 is 1.49 bits per heavy atom. The quantitative estimate of drug-likeness (QED) is 0.0553. The zero-order valence-corrected chi connectivity index (χ0v) is 36.0. The van der Waals surface area contributed by atoms with Gasteiger partial charge in [0.2, 0.25) is 17.7 Å². The normalized spacial score (nSPS) is 16.2. The highest BCUT2D eigenvalue weighted by atomic mass is 16.6. The van der Waals surface area contributed by atoms with Gasteiger partial charge in [0.1, 0.15) is 30.3 Å². The fourth-order valence-corrected chi connectivity index (χ4v) is 6.75. The Hall–Kier alpha value is -5.40. The Bertz CT molecular complexity index is 1690. The van der Waals surface area contributed by atoms with Crippen LogP contribution in [0.25, 0.3) is 0 Å². The van der Waals surface area contributed by atoms with E-state index in [1.54, 1.807) is 39.5 Å². The number of esters is 1. The second kappa shape index (κ2) is 23.9. The van der Waals surface area contributed by atoms with Gasteiger partial charge in [-0.1, -0.05) is 101 Å². The lowest BCUT2D eigenvalue weighted by atomic mass is 9.94. The van der Waals surface area contributed by atoms with Crippen molar-refractivity contribution in [2.45, 2.75) is 123 Å². The third-order valence-electron chi connectivity index (χ3n) is 9.66. The molecule has 3 rings (SSSR count). The van der Waals surface area contributed by atoms with Gasteiger partial charge in [-0.05, 0) is 82.3 Å². The third-order valence-corrected chi connectivity index (χ3v) is 9.66. The average molecular weight is 820 g/mol. The summed E-state index contributed by atoms with van der Waals surface area (Å²) in [4.78, 5) is 81.2. The summed E-state index contributed by atoms with van der Waals surface area (Å²) in [5.74, 6) is -2.73. The fraction of sp³-hybridized carbons (Fsp3) is 0.556. The van der Waals surface area contributed by atoms with Crippen molar-refractivity contribution in [1.29, 1.82) is 0 Å². The van der Waals surface area contributed by atoms with E-state index in [1.165, 1.54) is 7.11 Å². The minimum absolute atomic E-state index is 0.113. The first-order valence-electron chi connectivity index (χ1n) is 20.6. The number of carbonyl (C=O) groups is 6. The Morgan fingerprint density at radius 3 is 2.08 bits per heavy atom. The first kappa shape index (κ1) is 48.0. The number of amides is 5. The first-order chi connectivity index (χ1) is 28.0. The minimum Gasteiger partial charge on any atom is -0.467 e. The molecule has 1 saturated heterocycles. The maximum atomic E-state index is 14.4. The summed E-state index contributed by atoms with van der Waals surface area (Å²) in [6, 6.07) is 15.6. The highest BCUT2D eigenvalue weighted by molar-refractivity contribution is 5.94. The summed E-state index contributed by atoms with van der Waals surface area (Å²) in [5, 5.41) is 11.2. The molecule has 2 aromatic carbocycles. The largest absolute Gasteiger partial charge is 0.467 e. The van der Waals surface area contributed by atoms with Crippen LogP contribution in [0.15, 0.2) is 72.8 Å². The van der Waals surface area contributed by atoms with E-state index in [0.29, 0.717) is 38.6 Å². The molecule has 1 aliphatic rings. The van der Waals surface area contributed by atoms with Crippen molar-refractivity contribution in [1.82, 2.24) is 26.2 Å². The molecule has 59 heavy (non-hydrogen) atoms. The van der Waals surface area contributed by atoms with E-state index in [4.69, 9.17) is 14.2 Å². The molecule has 0 spiro atoms. The summed E-state index contributed by atoms with van der Waals surface area (Å²) in [7, 11) is 1.22. The number of rotatable bonds is 20. The molecule has 2 aromatic rings. The van der Waals surface area contributed by atoms with Gasteiger partial charge < -0.3 is 40.4 Å². The van der Waals surface area contributed by atoms with Crippen molar-refractivity contribution in [3.63, 3.8) is 0 Å². The standard InChI is InChI=1S/C45H65N5O9/c1-30(2)27-35(47-44(56)59-45(5,6)7)24-23-34(28-32-17-11-9-12-18-32)41(53)50-26-16-22-37(50)39(51)49-38(31(3)4)40(52)48-36(42(54)57-8)21-15-25-46-43(55)58-29-33-19-13-10-14-20-33/h9-14,17-20,23-24,30-31,34-38H,15-16,21-22,25-29H2,1-8H3,(H,46,55)(H,47,56)(H,48,52)(H,49,51)/b24-23+/t34-,35-,36?,37?,38?/m1/s1. The van der Waals surface area contributed by atoms with E-state index in [0.717, 1.165) is 11.1 Å². The van der Waals surface area contributed by atoms with Crippen LogP contribution in [0.4, 0.5) is 9.59 Å². The summed E-state index contributed by atoms with van der Waals surface area (Å²) in [6.45, 7) is 13.7. The highest BCUT2D eigenvalue weighted by Crippen LogP contribution is 2.24. The van der Waals surface area contributed by atoms with Gasteiger partial charge in [-0.25, -0.2) is 14.4 Å². The van der Waals surface area contributed by atoms with E-state index in [1.807, 2.05) is 86.7 Å². The second-order valence-electron chi connectivity index (χ2n) is 16.7. The number of ether oxygens (including phenoxy) is 3. The van der Waals surface area contributed by atoms with Gasteiger partial charge in [0, 0.05) is 13.1 Å². The predicted octanol–water partition coefficient (Wildman–Crippen LogP) is 5.84. The summed E-state index contributed by atoms with van der Waals surface area (Å²) >= 11 is 0. The summed E-state index contributed by atoms with van der Waals surface area (Å²) in [5.41, 5.74) is 1.11. The summed E-state index contributed by atoms with van der Waals surface area (Å²) in [6.07, 6.45) is 4.97. The maximum Gasteiger partial charge on any atom is 0.408 e. The molecule has 0 aliphatic carbocycles. The number of carbonyl (C=O) groups excluding carboxylic acids is 6. The third kappa shape index (κ3) is 17.2. The van der Waals surface area contributed by atoms with Crippen LogP contribution in [0, 0.1) is 17.8 Å². The van der Waals surface area contributed by atoms with Gasteiger partial charge >= 0.3 is 18.2 Å². The number of likely N-dealkylation sites (tertiary alicyclic amines) is 1. The lowest BCUT2D eigenvalue weighted by Gasteiger charge is -2.30. The Labute approximate surface area is 349 Å². The van der Waals surface area contributed by atoms with Crippen LogP contribution >= 0.6 is 0 Å². The topological polar surface area (TPSA) is 181 Å². The van der Waals surface area contributed by atoms with E-state index < -0.39 is 65.7 Å². The van der Waals surface area contributed by atoms with E-state index >= 15 is 0 Å². The van der Waals surface area contributed by atoms with Crippen molar-refractivity contribution < 1.29 is 43.0 Å². The molecule has 324 valence electrons. The smallest absolute Gasteiger partial charge is 0.408 e. The Kier molecular flexibility index (Phi) is 19.4. The van der Waals surface area contributed by atoms with Crippen LogP contribution in [-0.2, 0) is 46.4 Å². The SMILES string of the molecule is COC(=O)C(CCCNC(=O)OCc1ccccc1)NC(=O)C(NC(=O)C1CCCN1C(=O)[C@H](/C=C/[C@H](CC(C)C)NC(=O)OC(C)(C)C)Cc1ccccc1)C(C)C. The lowest BCUT2D eigenvalue weighted by Crippen LogP contribution is -2.57. The van der Waals surface area contributed by atoms with Crippen LogP contribution in [0.3, 0.4) is 0 Å². The Morgan fingerprint density at radius 1 is 0.847 bits per heavy atom. The van der Waals surface area contributed by atoms with Gasteiger partial charge in [-0.2, -0.15) is 0 Å². The molecule has 1 fully saturated rings. The minimum atomic E-state index is -1.03. The molecule has 14 nitrogen and oxygen atoms in total. The van der Waals surface area contributed by atoms with E-state index in [2.05, 4.69) is 21.3 Å². The van der Waals surface area contributed by atoms with Crippen molar-refractivity contribution in [3.05, 3.63) is 83.9 Å². The number of hydrogen-bond donors (Lipinski definition) is 4. The summed E-state index contributed by atoms with van der Waals surface area (Å²) < 4.78 is 15.7. The van der Waals surface area contributed by atoms with Gasteiger partial charge in [0.05, 0.1) is 19.1 Å². The number of benzene rings is 2. The second-order valence-corrected chi connectivity index (χ2v) is 16.7. The molecule has 14 heteroatoms. The number of alkyl carbamates (subject to hydrolysis) is 2. The molecule has 0 bridgehead atoms. The van der Waals surface area contributed by atoms with Gasteiger partial charge in [-0.3, -0.25) is 14.4 Å². The molecular formula is C45H65N5O9. The zero-order chi connectivity index (χ0) is 43.5. The van der Waals surface area contributed by atoms with E-state index in [-0.39, 0.29) is 37.3 Å².